The summed E-state index contributed by atoms with van der Waals surface area (Å²) in [7, 11) is -18.1. The van der Waals surface area contributed by atoms with Crippen molar-refractivity contribution in [1.29, 1.82) is 0 Å². The summed E-state index contributed by atoms with van der Waals surface area (Å²) in [6, 6.07) is 0. The van der Waals surface area contributed by atoms with Gasteiger partial charge < -0.3 is 19.6 Å². The molecule has 19 heteroatoms. The smallest absolute Gasteiger partial charge is 0.324 e. The van der Waals surface area contributed by atoms with E-state index in [9.17, 15) is 32.9 Å². The summed E-state index contributed by atoms with van der Waals surface area (Å²) >= 11 is 0. The molecule has 4 atom stereocenters. The maximum absolute atomic E-state index is 11.8. The van der Waals surface area contributed by atoms with Gasteiger partial charge in [-0.3, -0.25) is 36.2 Å². The fourth-order valence-corrected chi connectivity index (χ4v) is 3.86. The second kappa shape index (κ2) is 12.4. The van der Waals surface area contributed by atoms with E-state index in [0.717, 1.165) is 6.66 Å². The Kier molecular flexibility index (Phi) is 12.6. The van der Waals surface area contributed by atoms with Gasteiger partial charge in [-0.2, -0.15) is 0 Å². The fraction of sp³-hybridized carbons (Fsp3) is 1.00. The molecule has 0 bridgehead atoms. The molecule has 0 saturated carbocycles. The number of hydrogen-bond acceptors (Lipinski definition) is 11. The molecule has 4 unspecified atom stereocenters. The highest BCUT2D eigenvalue weighted by atomic mass is 31.2. The van der Waals surface area contributed by atoms with E-state index < -0.39 is 57.2 Å². The Morgan fingerprint density at radius 3 is 1.46 bits per heavy atom. The first-order valence-electron chi connectivity index (χ1n) is 7.45. The summed E-state index contributed by atoms with van der Waals surface area (Å²) in [6.45, 7) is 0.298. The summed E-state index contributed by atoms with van der Waals surface area (Å²) in [5.41, 5.74) is 0. The molecule has 0 aliphatic carbocycles. The van der Waals surface area contributed by atoms with Crippen LogP contribution in [0.3, 0.4) is 0 Å². The van der Waals surface area contributed by atoms with Crippen molar-refractivity contribution in [2.24, 2.45) is 0 Å². The van der Waals surface area contributed by atoms with E-state index in [1.165, 1.54) is 13.8 Å². The molecule has 0 radical (unpaired) electrons. The van der Waals surface area contributed by atoms with Crippen molar-refractivity contribution in [3.8, 4) is 0 Å². The van der Waals surface area contributed by atoms with Crippen LogP contribution in [0.2, 0.25) is 0 Å². The van der Waals surface area contributed by atoms with Crippen molar-refractivity contribution in [3.63, 3.8) is 0 Å². The fourth-order valence-electron chi connectivity index (χ4n) is 1.27. The van der Waals surface area contributed by atoms with E-state index in [0.29, 0.717) is 0 Å². The molecule has 0 aliphatic rings. The van der Waals surface area contributed by atoms with Crippen LogP contribution in [0, 0.1) is 0 Å². The zero-order valence-electron chi connectivity index (χ0n) is 15.2. The molecule has 28 heavy (non-hydrogen) atoms. The molecule has 0 aromatic rings. The molecule has 4 N–H and O–H groups in total. The Bertz CT molecular complexity index is 615. The summed E-state index contributed by atoms with van der Waals surface area (Å²) < 4.78 is 76.8. The van der Waals surface area contributed by atoms with Gasteiger partial charge in [0.25, 0.3) is 0 Å². The number of rotatable bonds is 16. The van der Waals surface area contributed by atoms with Crippen molar-refractivity contribution < 1.29 is 69.5 Å². The van der Waals surface area contributed by atoms with Crippen molar-refractivity contribution in [3.05, 3.63) is 0 Å². The molecule has 15 nitrogen and oxygen atoms in total. The molecule has 170 valence electrons. The SMILES string of the molecule is CCOP(=O)(O)OCC(COP(=O)(O)OCC)OP(=O)(O)OCOP(C)(=O)O. The van der Waals surface area contributed by atoms with E-state index >= 15 is 0 Å². The Morgan fingerprint density at radius 1 is 0.679 bits per heavy atom. The van der Waals surface area contributed by atoms with Gasteiger partial charge in [0.1, 0.15) is 6.10 Å². The van der Waals surface area contributed by atoms with Crippen molar-refractivity contribution >= 4 is 31.1 Å². The van der Waals surface area contributed by atoms with Crippen LogP contribution in [0.4, 0.5) is 0 Å². The van der Waals surface area contributed by atoms with Crippen LogP contribution < -0.4 is 0 Å². The lowest BCUT2D eigenvalue weighted by atomic mass is 10.4. The Hall–Kier alpha value is 0.480. The molecule has 0 heterocycles. The van der Waals surface area contributed by atoms with Gasteiger partial charge in [0.15, 0.2) is 6.79 Å². The van der Waals surface area contributed by atoms with E-state index in [-0.39, 0.29) is 13.2 Å². The maximum atomic E-state index is 11.8. The Labute approximate surface area is 161 Å². The van der Waals surface area contributed by atoms with Crippen molar-refractivity contribution in [2.75, 3.05) is 39.9 Å². The first-order chi connectivity index (χ1) is 12.6. The van der Waals surface area contributed by atoms with E-state index in [2.05, 4.69) is 31.7 Å². The summed E-state index contributed by atoms with van der Waals surface area (Å²) in [5, 5.41) is 0. The van der Waals surface area contributed by atoms with Crippen LogP contribution in [0.5, 0.6) is 0 Å². The number of phosphoric ester groups is 3. The van der Waals surface area contributed by atoms with Gasteiger partial charge in [0, 0.05) is 6.66 Å². The highest BCUT2D eigenvalue weighted by Crippen LogP contribution is 2.49. The van der Waals surface area contributed by atoms with Crippen LogP contribution in [-0.2, 0) is 49.9 Å². The van der Waals surface area contributed by atoms with Crippen LogP contribution in [0.1, 0.15) is 13.8 Å². The number of hydrogen-bond donors (Lipinski definition) is 4. The van der Waals surface area contributed by atoms with Crippen molar-refractivity contribution in [1.82, 2.24) is 0 Å². The van der Waals surface area contributed by atoms with Gasteiger partial charge in [-0.25, -0.2) is 13.7 Å². The lowest BCUT2D eigenvalue weighted by Gasteiger charge is -2.22. The molecule has 0 saturated heterocycles. The third-order valence-electron chi connectivity index (χ3n) is 2.22. The van der Waals surface area contributed by atoms with Gasteiger partial charge in [0.05, 0.1) is 26.4 Å². The molecular weight excluding hydrogens is 472 g/mol. The van der Waals surface area contributed by atoms with Gasteiger partial charge in [0.2, 0.25) is 0 Å². The first kappa shape index (κ1) is 28.5. The standard InChI is InChI=1S/C9H24O15P4/c1-4-18-26(12,13)20-6-9(7-21-27(14,15)19-5-2)24-28(16,17)23-8-22-25(3,10)11/h9H,4-8H2,1-3H3,(H,10,11)(H,12,13)(H,14,15)(H,16,17). The zero-order valence-corrected chi connectivity index (χ0v) is 18.8. The van der Waals surface area contributed by atoms with Gasteiger partial charge >= 0.3 is 31.1 Å². The minimum absolute atomic E-state index is 0.191. The highest BCUT2D eigenvalue weighted by Gasteiger charge is 2.33. The van der Waals surface area contributed by atoms with Crippen LogP contribution >= 0.6 is 31.1 Å². The molecule has 0 fully saturated rings. The van der Waals surface area contributed by atoms with Gasteiger partial charge in [-0.05, 0) is 13.8 Å². The average molecular weight is 496 g/mol. The molecular formula is C9H24O15P4. The average Bonchev–Trinajstić information content (AvgIpc) is 2.48. The highest BCUT2D eigenvalue weighted by molar-refractivity contribution is 7.52. The lowest BCUT2D eigenvalue weighted by Crippen LogP contribution is -2.25. The Morgan fingerprint density at radius 2 is 1.11 bits per heavy atom. The molecule has 0 spiro atoms. The Balaban J connectivity index is 4.99. The van der Waals surface area contributed by atoms with Gasteiger partial charge in [-0.1, -0.05) is 0 Å². The molecule has 0 amide bonds. The second-order valence-electron chi connectivity index (χ2n) is 4.74. The predicted molar refractivity (Wildman–Crippen MR) is 92.3 cm³/mol. The third kappa shape index (κ3) is 15.3. The minimum Gasteiger partial charge on any atom is -0.324 e. The molecule has 0 aliphatic heterocycles. The van der Waals surface area contributed by atoms with Crippen LogP contribution in [0.25, 0.3) is 0 Å². The van der Waals surface area contributed by atoms with Crippen molar-refractivity contribution in [2.45, 2.75) is 20.0 Å². The predicted octanol–water partition coefficient (Wildman–Crippen LogP) is 1.58. The van der Waals surface area contributed by atoms with E-state index in [4.69, 9.17) is 4.89 Å². The van der Waals surface area contributed by atoms with Gasteiger partial charge in [-0.15, -0.1) is 0 Å². The third-order valence-corrected chi connectivity index (χ3v) is 5.92. The quantitative estimate of drug-likeness (QED) is 0.176. The second-order valence-corrected chi connectivity index (χ2v) is 10.9. The number of phosphoric acid groups is 3. The zero-order chi connectivity index (χ0) is 22.1. The molecule has 0 rings (SSSR count). The topological polar surface area (TPSA) is 214 Å². The normalized spacial score (nSPS) is 21.8. The molecule has 0 aromatic carbocycles. The monoisotopic (exact) mass is 496 g/mol. The van der Waals surface area contributed by atoms with Crippen LogP contribution in [-0.4, -0.2) is 65.6 Å². The summed E-state index contributed by atoms with van der Waals surface area (Å²) in [5.74, 6) is 0. The van der Waals surface area contributed by atoms with E-state index in [1.54, 1.807) is 0 Å². The largest absolute Gasteiger partial charge is 0.474 e. The summed E-state index contributed by atoms with van der Waals surface area (Å²) in [6.07, 6.45) is -1.69. The molecule has 0 aromatic heterocycles. The first-order valence-corrected chi connectivity index (χ1v) is 14.0. The summed E-state index contributed by atoms with van der Waals surface area (Å²) in [4.78, 5) is 37.2. The van der Waals surface area contributed by atoms with Crippen LogP contribution in [0.15, 0.2) is 0 Å². The van der Waals surface area contributed by atoms with E-state index in [1.807, 2.05) is 0 Å². The lowest BCUT2D eigenvalue weighted by molar-refractivity contribution is 0.00333. The maximum Gasteiger partial charge on any atom is 0.474 e. The minimum atomic E-state index is -4.97.